The molecule has 0 aliphatic carbocycles. The molecule has 0 aromatic heterocycles. The maximum atomic E-state index is 11.7. The monoisotopic (exact) mass is 347 g/mol. The number of nitrogens with one attached hydrogen (secondary N) is 1. The van der Waals surface area contributed by atoms with Crippen LogP contribution in [-0.4, -0.2) is 10.7 Å². The zero-order chi connectivity index (χ0) is 12.1. The van der Waals surface area contributed by atoms with E-state index in [0.29, 0.717) is 0 Å². The van der Waals surface area contributed by atoms with E-state index in [-0.39, 0.29) is 16.8 Å². The second-order valence-electron chi connectivity index (χ2n) is 3.66. The summed E-state index contributed by atoms with van der Waals surface area (Å²) in [6.07, 6.45) is 0.791. The van der Waals surface area contributed by atoms with Crippen LogP contribution in [0.15, 0.2) is 28.7 Å². The van der Waals surface area contributed by atoms with Gasteiger partial charge in [-0.15, -0.1) is 0 Å². The summed E-state index contributed by atoms with van der Waals surface area (Å²) >= 11 is 6.72. The fourth-order valence-corrected chi connectivity index (χ4v) is 1.72. The lowest BCUT2D eigenvalue weighted by Crippen LogP contribution is -2.32. The Kier molecular flexibility index (Phi) is 5.49. The van der Waals surface area contributed by atoms with E-state index in [0.717, 1.165) is 16.5 Å². The van der Waals surface area contributed by atoms with Crippen LogP contribution < -0.4 is 5.32 Å². The van der Waals surface area contributed by atoms with Crippen LogP contribution in [0.4, 0.5) is 0 Å². The second kappa shape index (κ2) is 6.40. The van der Waals surface area contributed by atoms with E-state index in [1.165, 1.54) is 0 Å². The highest BCUT2D eigenvalue weighted by molar-refractivity contribution is 9.10. The Morgan fingerprint density at radius 3 is 2.44 bits per heavy atom. The van der Waals surface area contributed by atoms with Gasteiger partial charge in [0.05, 0.1) is 10.9 Å². The van der Waals surface area contributed by atoms with Crippen molar-refractivity contribution in [3.63, 3.8) is 0 Å². The normalized spacial score (nSPS) is 14.2. The van der Waals surface area contributed by atoms with Crippen LogP contribution in [0.2, 0.25) is 0 Å². The number of hydrogen-bond donors (Lipinski definition) is 1. The van der Waals surface area contributed by atoms with Gasteiger partial charge in [-0.2, -0.15) is 0 Å². The van der Waals surface area contributed by atoms with Gasteiger partial charge in [0, 0.05) is 4.47 Å². The van der Waals surface area contributed by atoms with Crippen molar-refractivity contribution in [2.75, 3.05) is 0 Å². The first-order valence-electron chi connectivity index (χ1n) is 5.24. The van der Waals surface area contributed by atoms with Gasteiger partial charge in [-0.1, -0.05) is 50.9 Å². The third kappa shape index (κ3) is 3.91. The standard InChI is InChI=1S/C12H15Br2NO/c1-3-11(14)12(16)15-8(2)9-4-6-10(13)7-5-9/h4-8,11H,3H2,1-2H3,(H,15,16)/t8-,11?/m0/s1. The summed E-state index contributed by atoms with van der Waals surface area (Å²) in [6, 6.07) is 7.99. The van der Waals surface area contributed by atoms with E-state index in [1.54, 1.807) is 0 Å². The quantitative estimate of drug-likeness (QED) is 0.824. The van der Waals surface area contributed by atoms with Crippen molar-refractivity contribution in [1.29, 1.82) is 0 Å². The van der Waals surface area contributed by atoms with E-state index in [4.69, 9.17) is 0 Å². The molecule has 88 valence electrons. The number of carbonyl (C=O) groups excluding carboxylic acids is 1. The Morgan fingerprint density at radius 2 is 1.94 bits per heavy atom. The van der Waals surface area contributed by atoms with Crippen LogP contribution in [0, 0.1) is 0 Å². The SMILES string of the molecule is CCC(Br)C(=O)N[C@@H](C)c1ccc(Br)cc1. The van der Waals surface area contributed by atoms with Gasteiger partial charge in [-0.25, -0.2) is 0 Å². The van der Waals surface area contributed by atoms with Crippen LogP contribution in [0.5, 0.6) is 0 Å². The average molecular weight is 349 g/mol. The van der Waals surface area contributed by atoms with E-state index in [1.807, 2.05) is 38.1 Å². The van der Waals surface area contributed by atoms with E-state index >= 15 is 0 Å². The Hall–Kier alpha value is -0.350. The van der Waals surface area contributed by atoms with Gasteiger partial charge in [0.2, 0.25) is 5.91 Å². The van der Waals surface area contributed by atoms with Crippen molar-refractivity contribution in [3.8, 4) is 0 Å². The van der Waals surface area contributed by atoms with Gasteiger partial charge in [0.25, 0.3) is 0 Å². The average Bonchev–Trinajstić information content (AvgIpc) is 2.28. The molecule has 0 radical (unpaired) electrons. The number of benzene rings is 1. The molecule has 1 unspecified atom stereocenters. The number of rotatable bonds is 4. The molecule has 0 saturated heterocycles. The molecule has 1 N–H and O–H groups in total. The number of alkyl halides is 1. The summed E-state index contributed by atoms with van der Waals surface area (Å²) in [5, 5.41) is 2.97. The first kappa shape index (κ1) is 13.7. The maximum absolute atomic E-state index is 11.7. The van der Waals surface area contributed by atoms with Gasteiger partial charge in [-0.05, 0) is 31.0 Å². The number of hydrogen-bond acceptors (Lipinski definition) is 1. The minimum absolute atomic E-state index is 0.0344. The highest BCUT2D eigenvalue weighted by Crippen LogP contribution is 2.17. The van der Waals surface area contributed by atoms with Crippen LogP contribution in [0.3, 0.4) is 0 Å². The molecule has 0 fully saturated rings. The Balaban J connectivity index is 2.62. The summed E-state index contributed by atoms with van der Waals surface area (Å²) in [5.74, 6) is 0.0397. The molecule has 2 nitrogen and oxygen atoms in total. The van der Waals surface area contributed by atoms with E-state index < -0.39 is 0 Å². The molecule has 1 aromatic rings. The van der Waals surface area contributed by atoms with Crippen molar-refractivity contribution in [2.24, 2.45) is 0 Å². The molecular weight excluding hydrogens is 334 g/mol. The molecule has 0 spiro atoms. The first-order chi connectivity index (χ1) is 7.54. The summed E-state index contributed by atoms with van der Waals surface area (Å²) in [4.78, 5) is 11.6. The van der Waals surface area contributed by atoms with Crippen molar-refractivity contribution >= 4 is 37.8 Å². The molecule has 0 aliphatic heterocycles. The van der Waals surface area contributed by atoms with E-state index in [9.17, 15) is 4.79 Å². The zero-order valence-electron chi connectivity index (χ0n) is 9.34. The molecule has 1 amide bonds. The third-order valence-electron chi connectivity index (χ3n) is 2.37. The van der Waals surface area contributed by atoms with Crippen molar-refractivity contribution in [3.05, 3.63) is 34.3 Å². The lowest BCUT2D eigenvalue weighted by Gasteiger charge is -2.16. The van der Waals surface area contributed by atoms with Gasteiger partial charge in [0.15, 0.2) is 0 Å². The minimum Gasteiger partial charge on any atom is -0.349 e. The van der Waals surface area contributed by atoms with E-state index in [2.05, 4.69) is 37.2 Å². The topological polar surface area (TPSA) is 29.1 Å². The summed E-state index contributed by atoms with van der Waals surface area (Å²) < 4.78 is 1.04. The predicted octanol–water partition coefficient (Wildman–Crippen LogP) is 3.80. The highest BCUT2D eigenvalue weighted by atomic mass is 79.9. The van der Waals surface area contributed by atoms with Gasteiger partial charge in [-0.3, -0.25) is 4.79 Å². The molecule has 0 heterocycles. The Labute approximate surface area is 113 Å². The predicted molar refractivity (Wildman–Crippen MR) is 73.7 cm³/mol. The highest BCUT2D eigenvalue weighted by Gasteiger charge is 2.15. The van der Waals surface area contributed by atoms with Crippen LogP contribution >= 0.6 is 31.9 Å². The van der Waals surface area contributed by atoms with Crippen LogP contribution in [0.1, 0.15) is 31.9 Å². The number of carbonyl (C=O) groups is 1. The summed E-state index contributed by atoms with van der Waals surface area (Å²) in [6.45, 7) is 3.96. The molecular formula is C12H15Br2NO. The van der Waals surface area contributed by atoms with Crippen molar-refractivity contribution in [2.45, 2.75) is 31.1 Å². The van der Waals surface area contributed by atoms with Gasteiger partial charge < -0.3 is 5.32 Å². The largest absolute Gasteiger partial charge is 0.349 e. The van der Waals surface area contributed by atoms with Gasteiger partial charge >= 0.3 is 0 Å². The zero-order valence-corrected chi connectivity index (χ0v) is 12.5. The smallest absolute Gasteiger partial charge is 0.234 e. The number of amides is 1. The Morgan fingerprint density at radius 1 is 1.38 bits per heavy atom. The molecule has 4 heteroatoms. The lowest BCUT2D eigenvalue weighted by atomic mass is 10.1. The lowest BCUT2D eigenvalue weighted by molar-refractivity contribution is -0.121. The van der Waals surface area contributed by atoms with Crippen LogP contribution in [-0.2, 0) is 4.79 Å². The first-order valence-corrected chi connectivity index (χ1v) is 6.95. The molecule has 1 aromatic carbocycles. The summed E-state index contributed by atoms with van der Waals surface area (Å²) in [5.41, 5.74) is 1.10. The van der Waals surface area contributed by atoms with Crippen LogP contribution in [0.25, 0.3) is 0 Å². The van der Waals surface area contributed by atoms with Gasteiger partial charge in [0.1, 0.15) is 0 Å². The number of halogens is 2. The second-order valence-corrected chi connectivity index (χ2v) is 5.68. The molecule has 2 atom stereocenters. The molecule has 0 aliphatic rings. The van der Waals surface area contributed by atoms with Crippen molar-refractivity contribution < 1.29 is 4.79 Å². The fourth-order valence-electron chi connectivity index (χ4n) is 1.32. The minimum atomic E-state index is -0.106. The molecule has 0 saturated carbocycles. The van der Waals surface area contributed by atoms with Crippen molar-refractivity contribution in [1.82, 2.24) is 5.32 Å². The maximum Gasteiger partial charge on any atom is 0.234 e. The molecule has 1 rings (SSSR count). The Bertz CT molecular complexity index is 351. The molecule has 0 bridgehead atoms. The third-order valence-corrected chi connectivity index (χ3v) is 3.96. The summed E-state index contributed by atoms with van der Waals surface area (Å²) in [7, 11) is 0. The molecule has 16 heavy (non-hydrogen) atoms. The fraction of sp³-hybridized carbons (Fsp3) is 0.417.